The summed E-state index contributed by atoms with van der Waals surface area (Å²) in [5.41, 5.74) is 0.426. The minimum atomic E-state index is -0.623. The molecule has 6 nitrogen and oxygen atoms in total. The lowest BCUT2D eigenvalue weighted by Crippen LogP contribution is -2.46. The van der Waals surface area contributed by atoms with Crippen LogP contribution in [0.5, 0.6) is 11.5 Å². The van der Waals surface area contributed by atoms with Crippen molar-refractivity contribution >= 4 is 5.91 Å². The summed E-state index contributed by atoms with van der Waals surface area (Å²) >= 11 is 0. The van der Waals surface area contributed by atoms with Crippen LogP contribution in [0, 0.1) is 11.3 Å². The molecule has 0 aliphatic carbocycles. The van der Waals surface area contributed by atoms with Crippen LogP contribution in [0.15, 0.2) is 18.2 Å². The van der Waals surface area contributed by atoms with Crippen LogP contribution in [0.4, 0.5) is 0 Å². The van der Waals surface area contributed by atoms with E-state index in [0.717, 1.165) is 0 Å². The van der Waals surface area contributed by atoms with Crippen molar-refractivity contribution in [3.05, 3.63) is 23.8 Å². The molecule has 1 unspecified atom stereocenters. The summed E-state index contributed by atoms with van der Waals surface area (Å²) in [5, 5.41) is 8.98. The van der Waals surface area contributed by atoms with Gasteiger partial charge >= 0.3 is 0 Å². The van der Waals surface area contributed by atoms with Crippen LogP contribution in [-0.4, -0.2) is 50.3 Å². The Balaban J connectivity index is 2.06. The van der Waals surface area contributed by atoms with Crippen molar-refractivity contribution in [3.8, 4) is 17.6 Å². The normalized spacial score (nSPS) is 16.0. The minimum absolute atomic E-state index is 0.0837. The molecule has 0 saturated carbocycles. The monoisotopic (exact) mass is 290 g/mol. The molecule has 112 valence electrons. The maximum absolute atomic E-state index is 12.3. The van der Waals surface area contributed by atoms with Gasteiger partial charge < -0.3 is 19.1 Å². The van der Waals surface area contributed by atoms with Crippen molar-refractivity contribution in [1.82, 2.24) is 4.90 Å². The zero-order chi connectivity index (χ0) is 15.2. The van der Waals surface area contributed by atoms with E-state index in [-0.39, 0.29) is 5.91 Å². The Kier molecular flexibility index (Phi) is 5.01. The van der Waals surface area contributed by atoms with Gasteiger partial charge in [-0.05, 0) is 19.1 Å². The SMILES string of the molecule is COc1cc(C#N)cc(OC(C)C(=O)N2CCOCC2)c1. The summed E-state index contributed by atoms with van der Waals surface area (Å²) in [4.78, 5) is 14.0. The zero-order valence-corrected chi connectivity index (χ0v) is 12.2. The minimum Gasteiger partial charge on any atom is -0.497 e. The molecule has 1 heterocycles. The number of methoxy groups -OCH3 is 1. The van der Waals surface area contributed by atoms with Crippen molar-refractivity contribution in [2.24, 2.45) is 0 Å². The van der Waals surface area contributed by atoms with Crippen LogP contribution in [0.3, 0.4) is 0 Å². The number of hydrogen-bond donors (Lipinski definition) is 0. The second-order valence-corrected chi connectivity index (χ2v) is 4.71. The number of carbonyl (C=O) groups excluding carboxylic acids is 1. The molecule has 0 N–H and O–H groups in total. The molecule has 1 amide bonds. The van der Waals surface area contributed by atoms with Gasteiger partial charge in [0, 0.05) is 19.2 Å². The second kappa shape index (κ2) is 6.95. The Morgan fingerprint density at radius 3 is 2.62 bits per heavy atom. The van der Waals surface area contributed by atoms with E-state index in [1.807, 2.05) is 6.07 Å². The highest BCUT2D eigenvalue weighted by Gasteiger charge is 2.24. The largest absolute Gasteiger partial charge is 0.497 e. The van der Waals surface area contributed by atoms with Crippen molar-refractivity contribution in [3.63, 3.8) is 0 Å². The third-order valence-electron chi connectivity index (χ3n) is 3.23. The lowest BCUT2D eigenvalue weighted by molar-refractivity contribution is -0.142. The first kappa shape index (κ1) is 15.1. The summed E-state index contributed by atoms with van der Waals surface area (Å²) < 4.78 is 16.0. The Labute approximate surface area is 123 Å². The van der Waals surface area contributed by atoms with Gasteiger partial charge in [-0.15, -0.1) is 0 Å². The third kappa shape index (κ3) is 3.86. The predicted octanol–water partition coefficient (Wildman–Crippen LogP) is 1.19. The fourth-order valence-corrected chi connectivity index (χ4v) is 2.12. The summed E-state index contributed by atoms with van der Waals surface area (Å²) in [6.45, 7) is 3.96. The number of ether oxygens (including phenoxy) is 3. The molecule has 6 heteroatoms. The molecule has 1 fully saturated rings. The molecule has 1 aliphatic rings. The summed E-state index contributed by atoms with van der Waals surface area (Å²) in [5.74, 6) is 0.884. The van der Waals surface area contributed by atoms with E-state index < -0.39 is 6.10 Å². The Bertz CT molecular complexity index is 547. The molecule has 0 bridgehead atoms. The molecule has 1 aromatic carbocycles. The third-order valence-corrected chi connectivity index (χ3v) is 3.23. The highest BCUT2D eigenvalue weighted by Crippen LogP contribution is 2.23. The van der Waals surface area contributed by atoms with Gasteiger partial charge in [-0.1, -0.05) is 0 Å². The quantitative estimate of drug-likeness (QED) is 0.833. The van der Waals surface area contributed by atoms with Crippen molar-refractivity contribution in [1.29, 1.82) is 5.26 Å². The average Bonchev–Trinajstić information content (AvgIpc) is 2.54. The van der Waals surface area contributed by atoms with E-state index in [1.54, 1.807) is 30.0 Å². The van der Waals surface area contributed by atoms with Gasteiger partial charge in [0.1, 0.15) is 11.5 Å². The molecular formula is C15H18N2O4. The number of carbonyl (C=O) groups is 1. The molecule has 2 rings (SSSR count). The first-order valence-corrected chi connectivity index (χ1v) is 6.76. The van der Waals surface area contributed by atoms with Gasteiger partial charge in [-0.2, -0.15) is 5.26 Å². The van der Waals surface area contributed by atoms with Crippen LogP contribution < -0.4 is 9.47 Å². The Hall–Kier alpha value is -2.26. The number of morpholine rings is 1. The van der Waals surface area contributed by atoms with Crippen LogP contribution in [0.25, 0.3) is 0 Å². The molecule has 21 heavy (non-hydrogen) atoms. The molecule has 0 radical (unpaired) electrons. The van der Waals surface area contributed by atoms with E-state index in [2.05, 4.69) is 0 Å². The molecule has 1 saturated heterocycles. The average molecular weight is 290 g/mol. The van der Waals surface area contributed by atoms with Crippen LogP contribution in [-0.2, 0) is 9.53 Å². The molecule has 0 spiro atoms. The molecule has 1 atom stereocenters. The first-order chi connectivity index (χ1) is 10.1. The van der Waals surface area contributed by atoms with Gasteiger partial charge in [0.25, 0.3) is 5.91 Å². The smallest absolute Gasteiger partial charge is 0.263 e. The maximum Gasteiger partial charge on any atom is 0.263 e. The topological polar surface area (TPSA) is 71.8 Å². The fraction of sp³-hybridized carbons (Fsp3) is 0.467. The molecule has 1 aliphatic heterocycles. The number of nitrogens with zero attached hydrogens (tertiary/aromatic N) is 2. The van der Waals surface area contributed by atoms with Crippen molar-refractivity contribution in [2.75, 3.05) is 33.4 Å². The Morgan fingerprint density at radius 2 is 2.00 bits per heavy atom. The number of amides is 1. The lowest BCUT2D eigenvalue weighted by Gasteiger charge is -2.29. The lowest BCUT2D eigenvalue weighted by atomic mass is 10.2. The van der Waals surface area contributed by atoms with E-state index >= 15 is 0 Å². The van der Waals surface area contributed by atoms with Crippen LogP contribution >= 0.6 is 0 Å². The fourth-order valence-electron chi connectivity index (χ4n) is 2.12. The van der Waals surface area contributed by atoms with Gasteiger partial charge in [0.05, 0.1) is 32.0 Å². The van der Waals surface area contributed by atoms with Gasteiger partial charge in [0.2, 0.25) is 0 Å². The highest BCUT2D eigenvalue weighted by atomic mass is 16.5. The van der Waals surface area contributed by atoms with Gasteiger partial charge in [-0.25, -0.2) is 0 Å². The zero-order valence-electron chi connectivity index (χ0n) is 12.2. The van der Waals surface area contributed by atoms with Crippen molar-refractivity contribution < 1.29 is 19.0 Å². The second-order valence-electron chi connectivity index (χ2n) is 4.71. The van der Waals surface area contributed by atoms with E-state index in [1.165, 1.54) is 7.11 Å². The predicted molar refractivity (Wildman–Crippen MR) is 75.2 cm³/mol. The number of hydrogen-bond acceptors (Lipinski definition) is 5. The van der Waals surface area contributed by atoms with E-state index in [0.29, 0.717) is 43.4 Å². The van der Waals surface area contributed by atoms with Crippen LogP contribution in [0.1, 0.15) is 12.5 Å². The number of benzene rings is 1. The summed E-state index contributed by atoms with van der Waals surface area (Å²) in [6.07, 6.45) is -0.623. The number of rotatable bonds is 4. The van der Waals surface area contributed by atoms with Gasteiger partial charge in [0.15, 0.2) is 6.10 Å². The molecule has 1 aromatic rings. The Morgan fingerprint density at radius 1 is 1.33 bits per heavy atom. The maximum atomic E-state index is 12.3. The summed E-state index contributed by atoms with van der Waals surface area (Å²) in [6, 6.07) is 6.89. The van der Waals surface area contributed by atoms with E-state index in [9.17, 15) is 4.79 Å². The summed E-state index contributed by atoms with van der Waals surface area (Å²) in [7, 11) is 1.52. The van der Waals surface area contributed by atoms with Gasteiger partial charge in [-0.3, -0.25) is 4.79 Å². The highest BCUT2D eigenvalue weighted by molar-refractivity contribution is 5.81. The van der Waals surface area contributed by atoms with Crippen LogP contribution in [0.2, 0.25) is 0 Å². The van der Waals surface area contributed by atoms with Crippen molar-refractivity contribution in [2.45, 2.75) is 13.0 Å². The molecular weight excluding hydrogens is 272 g/mol. The first-order valence-electron chi connectivity index (χ1n) is 6.76. The molecule has 0 aromatic heterocycles. The number of nitriles is 1. The van der Waals surface area contributed by atoms with E-state index in [4.69, 9.17) is 19.5 Å². The standard InChI is InChI=1S/C15H18N2O4/c1-11(15(18)17-3-5-20-6-4-17)21-14-8-12(10-16)7-13(9-14)19-2/h7-9,11H,3-6H2,1-2H3.